The van der Waals surface area contributed by atoms with Crippen molar-refractivity contribution in [2.75, 3.05) is 19.6 Å². The van der Waals surface area contributed by atoms with Crippen molar-refractivity contribution in [3.05, 3.63) is 71.8 Å². The smallest absolute Gasteiger partial charge is 0.242 e. The van der Waals surface area contributed by atoms with Crippen LogP contribution in [0.15, 0.2) is 60.7 Å². The molecule has 2 aliphatic carbocycles. The number of rotatable bonds is 7. The van der Waals surface area contributed by atoms with Crippen LogP contribution in [-0.2, 0) is 17.8 Å². The molecule has 0 spiro atoms. The van der Waals surface area contributed by atoms with E-state index in [4.69, 9.17) is 0 Å². The maximum atomic E-state index is 14.0. The first kappa shape index (κ1) is 22.3. The predicted octanol–water partition coefficient (Wildman–Crippen LogP) is 4.40. The van der Waals surface area contributed by atoms with Gasteiger partial charge in [-0.05, 0) is 61.1 Å². The second-order valence-corrected chi connectivity index (χ2v) is 11.4. The molecule has 2 aromatic rings. The van der Waals surface area contributed by atoms with Crippen molar-refractivity contribution in [2.45, 2.75) is 63.1 Å². The second kappa shape index (κ2) is 9.47. The molecule has 4 bridgehead atoms. The number of amides is 1. The van der Waals surface area contributed by atoms with E-state index >= 15 is 0 Å². The third-order valence-electron chi connectivity index (χ3n) is 9.42. The summed E-state index contributed by atoms with van der Waals surface area (Å²) in [6.45, 7) is 3.84. The number of benzene rings is 2. The number of carbonyl (C=O) groups is 1. The molecule has 34 heavy (non-hydrogen) atoms. The van der Waals surface area contributed by atoms with Crippen molar-refractivity contribution in [3.8, 4) is 0 Å². The van der Waals surface area contributed by atoms with Gasteiger partial charge in [0.2, 0.25) is 5.91 Å². The maximum Gasteiger partial charge on any atom is 0.242 e. The summed E-state index contributed by atoms with van der Waals surface area (Å²) >= 11 is 0. The number of likely N-dealkylation sites (tertiary alicyclic amines) is 1. The summed E-state index contributed by atoms with van der Waals surface area (Å²) < 4.78 is 0. The zero-order chi connectivity index (χ0) is 23.0. The van der Waals surface area contributed by atoms with E-state index in [9.17, 15) is 4.79 Å². The van der Waals surface area contributed by atoms with Gasteiger partial charge in [-0.2, -0.15) is 0 Å². The molecule has 0 unspecified atom stereocenters. The zero-order valence-electron chi connectivity index (χ0n) is 20.3. The molecular formula is C30H39N3O. The summed E-state index contributed by atoms with van der Waals surface area (Å²) in [5.41, 5.74) is 2.14. The summed E-state index contributed by atoms with van der Waals surface area (Å²) in [6.07, 6.45) is 9.14. The Morgan fingerprint density at radius 3 is 2.41 bits per heavy atom. The Balaban J connectivity index is 1.28. The van der Waals surface area contributed by atoms with Crippen molar-refractivity contribution in [1.29, 1.82) is 0 Å². The highest BCUT2D eigenvalue weighted by molar-refractivity contribution is 5.89. The van der Waals surface area contributed by atoms with Gasteiger partial charge in [0.25, 0.3) is 0 Å². The van der Waals surface area contributed by atoms with Gasteiger partial charge in [-0.15, -0.1) is 0 Å². The molecule has 4 nitrogen and oxygen atoms in total. The molecule has 1 amide bonds. The van der Waals surface area contributed by atoms with E-state index < -0.39 is 5.54 Å². The lowest BCUT2D eigenvalue weighted by Crippen LogP contribution is -2.76. The van der Waals surface area contributed by atoms with Crippen LogP contribution in [0.25, 0.3) is 0 Å². The molecule has 2 saturated carbocycles. The number of piperidine rings is 2. The van der Waals surface area contributed by atoms with Crippen LogP contribution in [0.3, 0.4) is 0 Å². The van der Waals surface area contributed by atoms with E-state index in [-0.39, 0.29) is 5.91 Å². The van der Waals surface area contributed by atoms with Gasteiger partial charge in [0.05, 0.1) is 0 Å². The number of nitrogens with one attached hydrogen (secondary N) is 2. The molecule has 180 valence electrons. The molecule has 5 fully saturated rings. The lowest BCUT2D eigenvalue weighted by molar-refractivity contribution is -0.138. The molecular weight excluding hydrogens is 418 g/mol. The van der Waals surface area contributed by atoms with Crippen molar-refractivity contribution < 1.29 is 4.79 Å². The highest BCUT2D eigenvalue weighted by atomic mass is 16.2. The Hall–Kier alpha value is -2.17. The fourth-order valence-electron chi connectivity index (χ4n) is 7.90. The van der Waals surface area contributed by atoms with Crippen LogP contribution >= 0.6 is 0 Å². The number of nitrogens with zero attached hydrogens (tertiary/aromatic N) is 1. The number of fused-ring (bicyclic) bond motifs is 1. The van der Waals surface area contributed by atoms with Gasteiger partial charge in [0.15, 0.2) is 0 Å². The Morgan fingerprint density at radius 2 is 1.68 bits per heavy atom. The zero-order valence-corrected chi connectivity index (χ0v) is 20.3. The van der Waals surface area contributed by atoms with Crippen LogP contribution in [0.2, 0.25) is 0 Å². The van der Waals surface area contributed by atoms with Crippen molar-refractivity contribution in [3.63, 3.8) is 0 Å². The van der Waals surface area contributed by atoms with Crippen molar-refractivity contribution in [1.82, 2.24) is 15.5 Å². The van der Waals surface area contributed by atoms with Crippen LogP contribution in [-0.4, -0.2) is 42.0 Å². The van der Waals surface area contributed by atoms with Crippen LogP contribution in [0.1, 0.15) is 49.7 Å². The Bertz CT molecular complexity index is 973. The molecule has 3 aliphatic heterocycles. The average Bonchev–Trinajstić information content (AvgIpc) is 3.15. The first-order valence-electron chi connectivity index (χ1n) is 13.6. The Morgan fingerprint density at radius 1 is 0.971 bits per heavy atom. The summed E-state index contributed by atoms with van der Waals surface area (Å²) in [6, 6.07) is 21.6. The second-order valence-electron chi connectivity index (χ2n) is 11.4. The minimum absolute atomic E-state index is 0.230. The molecule has 0 aromatic heterocycles. The van der Waals surface area contributed by atoms with E-state index in [1.807, 2.05) is 6.07 Å². The summed E-state index contributed by atoms with van der Waals surface area (Å²) in [5.74, 6) is 2.65. The average molecular weight is 458 g/mol. The van der Waals surface area contributed by atoms with Gasteiger partial charge in [-0.1, -0.05) is 79.9 Å². The molecule has 3 saturated heterocycles. The van der Waals surface area contributed by atoms with Gasteiger partial charge in [-0.3, -0.25) is 9.69 Å². The van der Waals surface area contributed by atoms with Crippen LogP contribution in [0.5, 0.6) is 0 Å². The van der Waals surface area contributed by atoms with Crippen molar-refractivity contribution >= 4 is 5.91 Å². The number of carbonyl (C=O) groups excluding carboxylic acids is 1. The SMILES string of the molecule is O=C(NCc1ccccc1)[C@]12NC[C@@H]3C[C@H]1CN(CC1CCCCC1)[C@H]2[C@@H]3Cc1ccccc1. The topological polar surface area (TPSA) is 44.4 Å². The summed E-state index contributed by atoms with van der Waals surface area (Å²) in [5, 5.41) is 7.23. The van der Waals surface area contributed by atoms with E-state index in [0.29, 0.717) is 30.3 Å². The molecule has 7 rings (SSSR count). The van der Waals surface area contributed by atoms with Crippen LogP contribution in [0, 0.1) is 23.7 Å². The fraction of sp³-hybridized carbons (Fsp3) is 0.567. The third-order valence-corrected chi connectivity index (χ3v) is 9.42. The van der Waals surface area contributed by atoms with E-state index in [1.54, 1.807) is 0 Å². The third kappa shape index (κ3) is 3.99. The lowest BCUT2D eigenvalue weighted by atomic mass is 9.58. The standard InChI is InChI=1S/C30H39N3O/c34-29(31-18-23-12-6-2-7-13-23)30-26-17-25(19-32-30)27(16-22-10-4-1-5-11-22)28(30)33(21-26)20-24-14-8-3-9-15-24/h1-2,4-7,10-13,24-28,32H,3,8-9,14-21H2,(H,31,34)/t25-,26-,27+,28-,30-/m0/s1. The molecule has 2 N–H and O–H groups in total. The van der Waals surface area contributed by atoms with Gasteiger partial charge in [-0.25, -0.2) is 0 Å². The van der Waals surface area contributed by atoms with E-state index in [0.717, 1.165) is 25.4 Å². The van der Waals surface area contributed by atoms with E-state index in [2.05, 4.69) is 70.1 Å². The number of hydrogen-bond acceptors (Lipinski definition) is 3. The largest absolute Gasteiger partial charge is 0.350 e. The molecule has 4 heteroatoms. The minimum Gasteiger partial charge on any atom is -0.350 e. The van der Waals surface area contributed by atoms with Gasteiger partial charge < -0.3 is 10.6 Å². The van der Waals surface area contributed by atoms with Gasteiger partial charge in [0, 0.05) is 31.6 Å². The van der Waals surface area contributed by atoms with E-state index in [1.165, 1.54) is 56.2 Å². The summed E-state index contributed by atoms with van der Waals surface area (Å²) in [4.78, 5) is 16.8. The molecule has 5 aliphatic rings. The molecule has 5 atom stereocenters. The van der Waals surface area contributed by atoms with Crippen LogP contribution < -0.4 is 10.6 Å². The fourth-order valence-corrected chi connectivity index (χ4v) is 7.90. The summed E-state index contributed by atoms with van der Waals surface area (Å²) in [7, 11) is 0. The minimum atomic E-state index is -0.447. The number of hydrogen-bond donors (Lipinski definition) is 2. The van der Waals surface area contributed by atoms with Crippen molar-refractivity contribution in [2.24, 2.45) is 23.7 Å². The quantitative estimate of drug-likeness (QED) is 0.648. The normalized spacial score (nSPS) is 33.2. The Kier molecular flexibility index (Phi) is 6.21. The highest BCUT2D eigenvalue weighted by Gasteiger charge is 2.67. The van der Waals surface area contributed by atoms with Gasteiger partial charge in [0.1, 0.15) is 5.54 Å². The molecule has 2 aromatic carbocycles. The molecule has 0 radical (unpaired) electrons. The van der Waals surface area contributed by atoms with Gasteiger partial charge >= 0.3 is 0 Å². The maximum absolute atomic E-state index is 14.0. The molecule has 3 heterocycles. The first-order chi connectivity index (χ1) is 16.7. The highest BCUT2D eigenvalue weighted by Crippen LogP contribution is 2.53. The monoisotopic (exact) mass is 457 g/mol. The lowest BCUT2D eigenvalue weighted by Gasteiger charge is -2.56. The van der Waals surface area contributed by atoms with Crippen LogP contribution in [0.4, 0.5) is 0 Å². The Labute approximate surface area is 204 Å². The predicted molar refractivity (Wildman–Crippen MR) is 136 cm³/mol. The first-order valence-corrected chi connectivity index (χ1v) is 13.6.